The molecule has 1 aliphatic carbocycles. The number of ether oxygens (including phenoxy) is 1. The Bertz CT molecular complexity index is 434. The molecule has 1 aromatic carbocycles. The Hall–Kier alpha value is -1.39. The van der Waals surface area contributed by atoms with Crippen molar-refractivity contribution in [3.63, 3.8) is 0 Å². The summed E-state index contributed by atoms with van der Waals surface area (Å²) in [5, 5.41) is 0. The summed E-state index contributed by atoms with van der Waals surface area (Å²) in [6.45, 7) is 0.400. The normalized spacial score (nSPS) is 23.8. The van der Waals surface area contributed by atoms with E-state index in [9.17, 15) is 4.79 Å². The Morgan fingerprint density at radius 3 is 2.74 bits per heavy atom. The van der Waals surface area contributed by atoms with Crippen LogP contribution in [0.2, 0.25) is 0 Å². The number of amides is 1. The number of primary amides is 1. The summed E-state index contributed by atoms with van der Waals surface area (Å²) < 4.78 is 5.92. The zero-order valence-electron chi connectivity index (χ0n) is 11.2. The molecule has 4 N–H and O–H groups in total. The van der Waals surface area contributed by atoms with E-state index < -0.39 is 5.91 Å². The maximum absolute atomic E-state index is 11.3. The van der Waals surface area contributed by atoms with Crippen molar-refractivity contribution in [2.45, 2.75) is 50.9 Å². The van der Waals surface area contributed by atoms with E-state index in [4.69, 9.17) is 16.2 Å². The fourth-order valence-electron chi connectivity index (χ4n) is 2.59. The minimum Gasteiger partial charge on any atom is -0.372 e. The molecule has 1 aliphatic rings. The minimum atomic E-state index is -0.413. The summed E-state index contributed by atoms with van der Waals surface area (Å²) in [5.41, 5.74) is 12.9. The van der Waals surface area contributed by atoms with Crippen molar-refractivity contribution in [1.29, 1.82) is 0 Å². The van der Waals surface area contributed by atoms with Crippen molar-refractivity contribution >= 4 is 5.91 Å². The van der Waals surface area contributed by atoms with Crippen LogP contribution in [0.1, 0.15) is 48.0 Å². The van der Waals surface area contributed by atoms with Crippen LogP contribution in [0.25, 0.3) is 0 Å². The van der Waals surface area contributed by atoms with Crippen molar-refractivity contribution in [2.75, 3.05) is 0 Å². The lowest BCUT2D eigenvalue weighted by molar-refractivity contribution is 0.0191. The van der Waals surface area contributed by atoms with Crippen LogP contribution >= 0.6 is 0 Å². The quantitative estimate of drug-likeness (QED) is 0.814. The molecular weight excluding hydrogens is 240 g/mol. The zero-order valence-corrected chi connectivity index (χ0v) is 11.2. The molecule has 0 bridgehead atoms. The van der Waals surface area contributed by atoms with Crippen molar-refractivity contribution in [2.24, 2.45) is 11.5 Å². The van der Waals surface area contributed by atoms with Gasteiger partial charge in [0.05, 0.1) is 12.7 Å². The van der Waals surface area contributed by atoms with Crippen LogP contribution in [0.15, 0.2) is 24.3 Å². The highest BCUT2D eigenvalue weighted by atomic mass is 16.5. The molecule has 0 heterocycles. The van der Waals surface area contributed by atoms with Crippen LogP contribution < -0.4 is 11.5 Å². The number of hydrogen-bond acceptors (Lipinski definition) is 3. The third-order valence-electron chi connectivity index (χ3n) is 3.74. The summed E-state index contributed by atoms with van der Waals surface area (Å²) in [4.78, 5) is 11.3. The van der Waals surface area contributed by atoms with Gasteiger partial charge in [0.25, 0.3) is 0 Å². The van der Waals surface area contributed by atoms with Gasteiger partial charge >= 0.3 is 0 Å². The number of carbonyl (C=O) groups is 1. The zero-order chi connectivity index (χ0) is 13.7. The third-order valence-corrected chi connectivity index (χ3v) is 3.74. The average molecular weight is 262 g/mol. The second kappa shape index (κ2) is 6.68. The van der Waals surface area contributed by atoms with Gasteiger partial charge in [-0.3, -0.25) is 4.79 Å². The van der Waals surface area contributed by atoms with Gasteiger partial charge in [0, 0.05) is 11.6 Å². The Labute approximate surface area is 114 Å². The second-order valence-corrected chi connectivity index (χ2v) is 5.17. The maximum atomic E-state index is 11.3. The Kier molecular flexibility index (Phi) is 4.93. The molecule has 2 unspecified atom stereocenters. The smallest absolute Gasteiger partial charge is 0.249 e. The third kappa shape index (κ3) is 3.78. The van der Waals surface area contributed by atoms with Crippen LogP contribution in [-0.4, -0.2) is 18.1 Å². The number of carbonyl (C=O) groups excluding carboxylic acids is 1. The molecule has 2 rings (SSSR count). The van der Waals surface area contributed by atoms with Gasteiger partial charge in [0.1, 0.15) is 0 Å². The van der Waals surface area contributed by atoms with E-state index in [-0.39, 0.29) is 12.1 Å². The molecule has 4 nitrogen and oxygen atoms in total. The Morgan fingerprint density at radius 2 is 1.95 bits per heavy atom. The summed E-state index contributed by atoms with van der Waals surface area (Å²) in [6.07, 6.45) is 5.67. The molecular formula is C15H22N2O2. The summed E-state index contributed by atoms with van der Waals surface area (Å²) >= 11 is 0. The Morgan fingerprint density at radius 1 is 1.21 bits per heavy atom. The van der Waals surface area contributed by atoms with Gasteiger partial charge in [-0.1, -0.05) is 37.5 Å². The minimum absolute atomic E-state index is 0.0865. The molecule has 1 fully saturated rings. The molecule has 4 heteroatoms. The number of nitrogens with two attached hydrogens (primary N) is 2. The fraction of sp³-hybridized carbons (Fsp3) is 0.533. The van der Waals surface area contributed by atoms with Crippen LogP contribution in [-0.2, 0) is 11.3 Å². The van der Waals surface area contributed by atoms with Crippen LogP contribution in [0, 0.1) is 0 Å². The molecule has 0 saturated heterocycles. The standard InChI is InChI=1S/C15H22N2O2/c16-13-8-2-1-3-9-14(13)19-10-11-6-4-5-7-12(11)15(17)18/h4-7,13-14H,1-3,8-10,16H2,(H2,17,18). The molecule has 1 amide bonds. The van der Waals surface area contributed by atoms with E-state index in [1.54, 1.807) is 12.1 Å². The highest BCUT2D eigenvalue weighted by molar-refractivity contribution is 5.94. The Balaban J connectivity index is 1.99. The van der Waals surface area contributed by atoms with Gasteiger partial charge in [-0.05, 0) is 24.5 Å². The first-order chi connectivity index (χ1) is 9.18. The first-order valence-electron chi connectivity index (χ1n) is 6.93. The molecule has 0 aromatic heterocycles. The molecule has 0 spiro atoms. The van der Waals surface area contributed by atoms with Crippen molar-refractivity contribution in [1.82, 2.24) is 0 Å². The van der Waals surface area contributed by atoms with E-state index >= 15 is 0 Å². The van der Waals surface area contributed by atoms with E-state index in [1.165, 1.54) is 12.8 Å². The predicted molar refractivity (Wildman–Crippen MR) is 74.6 cm³/mol. The lowest BCUT2D eigenvalue weighted by atomic mass is 10.1. The van der Waals surface area contributed by atoms with Gasteiger partial charge in [0.15, 0.2) is 0 Å². The molecule has 1 saturated carbocycles. The highest BCUT2D eigenvalue weighted by Crippen LogP contribution is 2.21. The topological polar surface area (TPSA) is 78.3 Å². The summed E-state index contributed by atoms with van der Waals surface area (Å²) in [5.74, 6) is -0.413. The van der Waals surface area contributed by atoms with Gasteiger partial charge in [0.2, 0.25) is 5.91 Å². The first kappa shape index (κ1) is 14.0. The van der Waals surface area contributed by atoms with Gasteiger partial charge < -0.3 is 16.2 Å². The highest BCUT2D eigenvalue weighted by Gasteiger charge is 2.21. The largest absolute Gasteiger partial charge is 0.372 e. The number of hydrogen-bond donors (Lipinski definition) is 2. The van der Waals surface area contributed by atoms with E-state index in [2.05, 4.69) is 0 Å². The van der Waals surface area contributed by atoms with E-state index in [1.807, 2.05) is 12.1 Å². The van der Waals surface area contributed by atoms with Crippen LogP contribution in [0.4, 0.5) is 0 Å². The molecule has 104 valence electrons. The molecule has 2 atom stereocenters. The maximum Gasteiger partial charge on any atom is 0.249 e. The van der Waals surface area contributed by atoms with Crippen LogP contribution in [0.5, 0.6) is 0 Å². The van der Waals surface area contributed by atoms with Crippen LogP contribution in [0.3, 0.4) is 0 Å². The van der Waals surface area contributed by atoms with Gasteiger partial charge in [-0.15, -0.1) is 0 Å². The van der Waals surface area contributed by atoms with Gasteiger partial charge in [-0.25, -0.2) is 0 Å². The molecule has 0 aliphatic heterocycles. The second-order valence-electron chi connectivity index (χ2n) is 5.17. The van der Waals surface area contributed by atoms with Crippen molar-refractivity contribution in [3.8, 4) is 0 Å². The van der Waals surface area contributed by atoms with E-state index in [0.29, 0.717) is 12.2 Å². The lowest BCUT2D eigenvalue weighted by Crippen LogP contribution is -2.35. The molecule has 0 radical (unpaired) electrons. The SMILES string of the molecule is NC(=O)c1ccccc1COC1CCCCCC1N. The monoisotopic (exact) mass is 262 g/mol. The number of rotatable bonds is 4. The lowest BCUT2D eigenvalue weighted by Gasteiger charge is -2.22. The van der Waals surface area contributed by atoms with Crippen molar-refractivity contribution < 1.29 is 9.53 Å². The first-order valence-corrected chi connectivity index (χ1v) is 6.93. The average Bonchev–Trinajstić information content (AvgIpc) is 2.61. The summed E-state index contributed by atoms with van der Waals surface area (Å²) in [7, 11) is 0. The van der Waals surface area contributed by atoms with Crippen molar-refractivity contribution in [3.05, 3.63) is 35.4 Å². The summed E-state index contributed by atoms with van der Waals surface area (Å²) in [6, 6.07) is 7.40. The number of benzene rings is 1. The molecule has 19 heavy (non-hydrogen) atoms. The predicted octanol–water partition coefficient (Wildman–Crippen LogP) is 1.96. The van der Waals surface area contributed by atoms with Gasteiger partial charge in [-0.2, -0.15) is 0 Å². The molecule has 1 aromatic rings. The van der Waals surface area contributed by atoms with E-state index in [0.717, 1.165) is 24.8 Å². The fourth-order valence-corrected chi connectivity index (χ4v) is 2.59.